The van der Waals surface area contributed by atoms with E-state index in [0.29, 0.717) is 5.56 Å². The summed E-state index contributed by atoms with van der Waals surface area (Å²) < 4.78 is 4.93. The Kier molecular flexibility index (Phi) is 3.51. The lowest BCUT2D eigenvalue weighted by Gasteiger charge is -2.21. The largest absolute Gasteiger partial charge is 0.507 e. The number of aromatic hydroxyl groups is 1. The number of phenols is 1. The van der Waals surface area contributed by atoms with E-state index >= 15 is 0 Å². The molecular formula is C18H14O4. The van der Waals surface area contributed by atoms with E-state index < -0.39 is 0 Å². The average Bonchev–Trinajstić information content (AvgIpc) is 2.50. The molecule has 1 N–H and O–H groups in total. The minimum Gasteiger partial charge on any atom is -0.507 e. The number of carbonyl (C=O) groups excluding carboxylic acids is 2. The molecule has 0 aromatic heterocycles. The highest BCUT2D eigenvalue weighted by atomic mass is 16.5. The highest BCUT2D eigenvalue weighted by molar-refractivity contribution is 6.12. The highest BCUT2D eigenvalue weighted by Crippen LogP contribution is 2.37. The first-order valence-electron chi connectivity index (χ1n) is 6.87. The molecule has 2 aromatic carbocycles. The van der Waals surface area contributed by atoms with Crippen molar-refractivity contribution in [3.05, 3.63) is 64.7 Å². The second-order valence-corrected chi connectivity index (χ2v) is 5.10. The minimum atomic E-state index is -0.352. The monoisotopic (exact) mass is 294 g/mol. The molecule has 0 atom stereocenters. The molecule has 0 aliphatic heterocycles. The van der Waals surface area contributed by atoms with E-state index in [4.69, 9.17) is 4.74 Å². The molecule has 0 spiro atoms. The number of carbonyl (C=O) groups is 2. The van der Waals surface area contributed by atoms with Crippen molar-refractivity contribution in [3.63, 3.8) is 0 Å². The van der Waals surface area contributed by atoms with E-state index in [-0.39, 0.29) is 29.7 Å². The van der Waals surface area contributed by atoms with Crippen LogP contribution in [-0.2, 0) is 9.53 Å². The second-order valence-electron chi connectivity index (χ2n) is 5.10. The third-order valence-electron chi connectivity index (χ3n) is 3.56. The van der Waals surface area contributed by atoms with Crippen LogP contribution < -0.4 is 0 Å². The van der Waals surface area contributed by atoms with Crippen molar-refractivity contribution >= 4 is 23.4 Å². The van der Waals surface area contributed by atoms with Crippen LogP contribution in [-0.4, -0.2) is 23.5 Å². The van der Waals surface area contributed by atoms with Crippen LogP contribution in [0.15, 0.2) is 42.5 Å². The number of hydrogen-bond acceptors (Lipinski definition) is 4. The molecule has 0 saturated heterocycles. The number of ketones is 1. The van der Waals surface area contributed by atoms with E-state index in [2.05, 4.69) is 0 Å². The Balaban J connectivity index is 1.86. The van der Waals surface area contributed by atoms with Crippen molar-refractivity contribution in [2.75, 3.05) is 6.61 Å². The molecule has 4 heteroatoms. The summed E-state index contributed by atoms with van der Waals surface area (Å²) in [5, 5.41) is 10.1. The van der Waals surface area contributed by atoms with Gasteiger partial charge in [0.15, 0.2) is 5.78 Å². The zero-order valence-corrected chi connectivity index (χ0v) is 12.0. The summed E-state index contributed by atoms with van der Waals surface area (Å²) in [6, 6.07) is 12.0. The fourth-order valence-corrected chi connectivity index (χ4v) is 2.42. The van der Waals surface area contributed by atoms with Crippen LogP contribution in [0.3, 0.4) is 0 Å². The van der Waals surface area contributed by atoms with Gasteiger partial charge >= 0.3 is 5.97 Å². The summed E-state index contributed by atoms with van der Waals surface area (Å²) in [6.45, 7) is 1.52. The van der Waals surface area contributed by atoms with Crippen molar-refractivity contribution in [1.82, 2.24) is 0 Å². The lowest BCUT2D eigenvalue weighted by molar-refractivity contribution is -0.139. The maximum atomic E-state index is 12.4. The Morgan fingerprint density at radius 2 is 1.86 bits per heavy atom. The van der Waals surface area contributed by atoms with Gasteiger partial charge in [-0.15, -0.1) is 0 Å². The maximum Gasteiger partial charge on any atom is 0.302 e. The van der Waals surface area contributed by atoms with Gasteiger partial charge in [-0.05, 0) is 34.9 Å². The maximum absolute atomic E-state index is 12.4. The first-order valence-corrected chi connectivity index (χ1v) is 6.87. The number of rotatable bonds is 4. The molecule has 0 radical (unpaired) electrons. The Morgan fingerprint density at radius 3 is 2.55 bits per heavy atom. The van der Waals surface area contributed by atoms with Gasteiger partial charge in [-0.3, -0.25) is 9.59 Å². The van der Waals surface area contributed by atoms with Crippen molar-refractivity contribution < 1.29 is 19.4 Å². The average molecular weight is 294 g/mol. The predicted octanol–water partition coefficient (Wildman–Crippen LogP) is 3.04. The predicted molar refractivity (Wildman–Crippen MR) is 82.5 cm³/mol. The van der Waals surface area contributed by atoms with Crippen molar-refractivity contribution in [3.8, 4) is 5.75 Å². The lowest BCUT2D eigenvalue weighted by Crippen LogP contribution is -2.10. The van der Waals surface area contributed by atoms with E-state index in [1.54, 1.807) is 36.4 Å². The van der Waals surface area contributed by atoms with Crippen LogP contribution in [0.2, 0.25) is 0 Å². The second kappa shape index (κ2) is 5.48. The van der Waals surface area contributed by atoms with Crippen LogP contribution in [0.5, 0.6) is 5.75 Å². The molecule has 2 aromatic rings. The molecule has 0 heterocycles. The molecule has 3 rings (SSSR count). The third kappa shape index (κ3) is 2.51. The smallest absolute Gasteiger partial charge is 0.302 e. The number of benzene rings is 2. The van der Waals surface area contributed by atoms with Gasteiger partial charge in [0, 0.05) is 12.5 Å². The van der Waals surface area contributed by atoms with Crippen LogP contribution in [0.1, 0.15) is 34.0 Å². The Labute approximate surface area is 127 Å². The molecule has 0 fully saturated rings. The van der Waals surface area contributed by atoms with Crippen LogP contribution in [0.25, 0.3) is 11.6 Å². The quantitative estimate of drug-likeness (QED) is 0.695. The van der Waals surface area contributed by atoms with Crippen LogP contribution >= 0.6 is 0 Å². The van der Waals surface area contributed by atoms with Gasteiger partial charge in [-0.1, -0.05) is 30.3 Å². The SMILES string of the molecule is CC(=O)OCC1=Cc2cc(C(=O)c3ccccc3)c(O)cc21. The normalized spacial score (nSPS) is 12.0. The summed E-state index contributed by atoms with van der Waals surface area (Å²) in [7, 11) is 0. The molecule has 22 heavy (non-hydrogen) atoms. The van der Waals surface area contributed by atoms with Gasteiger partial charge in [0.2, 0.25) is 0 Å². The first-order chi connectivity index (χ1) is 10.6. The van der Waals surface area contributed by atoms with E-state index in [9.17, 15) is 14.7 Å². The fourth-order valence-electron chi connectivity index (χ4n) is 2.42. The molecular weight excluding hydrogens is 280 g/mol. The van der Waals surface area contributed by atoms with Gasteiger partial charge in [-0.2, -0.15) is 0 Å². The summed E-state index contributed by atoms with van der Waals surface area (Å²) in [5.74, 6) is -0.641. The minimum absolute atomic E-state index is 0.0685. The topological polar surface area (TPSA) is 63.6 Å². The zero-order chi connectivity index (χ0) is 15.7. The van der Waals surface area contributed by atoms with Gasteiger partial charge in [0.25, 0.3) is 0 Å². The van der Waals surface area contributed by atoms with Crippen LogP contribution in [0, 0.1) is 0 Å². The summed E-state index contributed by atoms with van der Waals surface area (Å²) in [4.78, 5) is 23.2. The first kappa shape index (κ1) is 14.1. The number of ether oxygens (including phenoxy) is 1. The van der Waals surface area contributed by atoms with Gasteiger partial charge in [-0.25, -0.2) is 0 Å². The van der Waals surface area contributed by atoms with Crippen molar-refractivity contribution in [2.45, 2.75) is 6.92 Å². The van der Waals surface area contributed by atoms with Gasteiger partial charge in [0.1, 0.15) is 12.4 Å². The van der Waals surface area contributed by atoms with E-state index in [0.717, 1.165) is 16.7 Å². The zero-order valence-electron chi connectivity index (χ0n) is 12.0. The molecule has 1 aliphatic rings. The molecule has 0 amide bonds. The summed E-state index contributed by atoms with van der Waals surface area (Å²) >= 11 is 0. The number of esters is 1. The molecule has 110 valence electrons. The third-order valence-corrected chi connectivity index (χ3v) is 3.56. The lowest BCUT2D eigenvalue weighted by atomic mass is 9.86. The number of phenolic OH excluding ortho intramolecular Hbond substituents is 1. The molecule has 0 saturated carbocycles. The Hall–Kier alpha value is -2.88. The standard InChI is InChI=1S/C18H14O4/c1-11(19)22-10-14-7-13-8-16(17(20)9-15(13)14)18(21)12-5-3-2-4-6-12/h2-9,20H,10H2,1H3. The fraction of sp³-hybridized carbons (Fsp3) is 0.111. The van der Waals surface area contributed by atoms with Crippen molar-refractivity contribution in [1.29, 1.82) is 0 Å². The van der Waals surface area contributed by atoms with Gasteiger partial charge < -0.3 is 9.84 Å². The van der Waals surface area contributed by atoms with Gasteiger partial charge in [0.05, 0.1) is 5.56 Å². The molecule has 0 bridgehead atoms. The highest BCUT2D eigenvalue weighted by Gasteiger charge is 2.22. The number of fused-ring (bicyclic) bond motifs is 1. The Morgan fingerprint density at radius 1 is 1.14 bits per heavy atom. The molecule has 1 aliphatic carbocycles. The summed E-state index contributed by atoms with van der Waals surface area (Å²) in [6.07, 6.45) is 1.85. The molecule has 0 unspecified atom stereocenters. The van der Waals surface area contributed by atoms with E-state index in [1.165, 1.54) is 6.92 Å². The van der Waals surface area contributed by atoms with E-state index in [1.807, 2.05) is 12.1 Å². The molecule has 4 nitrogen and oxygen atoms in total. The van der Waals surface area contributed by atoms with Crippen LogP contribution in [0.4, 0.5) is 0 Å². The van der Waals surface area contributed by atoms with Crippen molar-refractivity contribution in [2.24, 2.45) is 0 Å². The Bertz CT molecular complexity index is 788. The summed E-state index contributed by atoms with van der Waals surface area (Å²) in [5.41, 5.74) is 3.30. The number of hydrogen-bond donors (Lipinski definition) is 1.